The minimum atomic E-state index is -1.27. The van der Waals surface area contributed by atoms with E-state index in [2.05, 4.69) is 0 Å². The fourth-order valence-electron chi connectivity index (χ4n) is 3.45. The Morgan fingerprint density at radius 2 is 1.93 bits per heavy atom. The van der Waals surface area contributed by atoms with Gasteiger partial charge in [-0.3, -0.25) is 0 Å². The number of fused-ring (bicyclic) bond motifs is 5. The molecule has 140 valence electrons. The van der Waals surface area contributed by atoms with E-state index in [4.69, 9.17) is 18.9 Å². The number of carbonyl (C=O) groups is 1. The Labute approximate surface area is 152 Å². The van der Waals surface area contributed by atoms with E-state index in [1.165, 1.54) is 26.4 Å². The van der Waals surface area contributed by atoms with Crippen molar-refractivity contribution in [3.05, 3.63) is 35.0 Å². The molecule has 3 aromatic carbocycles. The monoisotopic (exact) mass is 373 g/mol. The van der Waals surface area contributed by atoms with Gasteiger partial charge in [0.1, 0.15) is 0 Å². The number of methoxy groups -OCH3 is 2. The minimum absolute atomic E-state index is 0.0685. The van der Waals surface area contributed by atoms with E-state index in [-0.39, 0.29) is 29.2 Å². The Hall–Kier alpha value is -3.27. The van der Waals surface area contributed by atoms with E-state index in [9.17, 15) is 20.3 Å². The number of ether oxygens (including phenoxy) is 4. The van der Waals surface area contributed by atoms with Crippen molar-refractivity contribution in [1.82, 2.24) is 0 Å². The van der Waals surface area contributed by atoms with Gasteiger partial charge in [0, 0.05) is 16.8 Å². The SMILES string of the molecule is COc1ccc2c(cc([NH+]([O-])O)c3c(C(=O)O)cc4c(c32)OCO4)c1OC. The van der Waals surface area contributed by atoms with Crippen LogP contribution >= 0.6 is 0 Å². The molecule has 3 aromatic rings. The van der Waals surface area contributed by atoms with Crippen LogP contribution in [0.4, 0.5) is 5.69 Å². The van der Waals surface area contributed by atoms with Crippen LogP contribution in [0.1, 0.15) is 10.4 Å². The Kier molecular flexibility index (Phi) is 3.92. The maximum absolute atomic E-state index is 12.0. The molecule has 0 saturated carbocycles. The second kappa shape index (κ2) is 6.16. The average molecular weight is 373 g/mol. The first-order valence-electron chi connectivity index (χ1n) is 7.88. The third-order valence-corrected chi connectivity index (χ3v) is 4.54. The summed E-state index contributed by atoms with van der Waals surface area (Å²) in [5.41, 5.74) is -0.358. The van der Waals surface area contributed by atoms with Gasteiger partial charge in [-0.1, -0.05) is 0 Å². The molecular formula is C18H15NO8. The van der Waals surface area contributed by atoms with Gasteiger partial charge >= 0.3 is 5.97 Å². The summed E-state index contributed by atoms with van der Waals surface area (Å²) in [5, 5.41) is 31.5. The molecule has 0 saturated heterocycles. The van der Waals surface area contributed by atoms with Crippen LogP contribution in [-0.4, -0.2) is 37.3 Å². The quantitative estimate of drug-likeness (QED) is 0.468. The Bertz CT molecular complexity index is 1090. The van der Waals surface area contributed by atoms with Gasteiger partial charge in [0.25, 0.3) is 0 Å². The van der Waals surface area contributed by atoms with Crippen LogP contribution in [0.3, 0.4) is 0 Å². The maximum Gasteiger partial charge on any atom is 0.336 e. The first kappa shape index (κ1) is 17.2. The molecule has 1 aliphatic heterocycles. The smallest absolute Gasteiger partial charge is 0.336 e. The number of nitrogens with one attached hydrogen (secondary N) is 1. The number of benzene rings is 3. The first-order valence-corrected chi connectivity index (χ1v) is 7.88. The number of quaternary nitrogens is 1. The molecule has 3 N–H and O–H groups in total. The molecule has 9 heteroatoms. The summed E-state index contributed by atoms with van der Waals surface area (Å²) in [4.78, 5) is 11.8. The van der Waals surface area contributed by atoms with Crippen molar-refractivity contribution in [2.75, 3.05) is 21.0 Å². The standard InChI is InChI=1S/C18H15NO8/c1-24-12-4-3-8-9(16(12)25-2)5-11(19(22)23)14-10(18(20)21)6-13-17(15(8)14)27-7-26-13/h3-6,19,22H,7H2,1-2H3,(H,20,21). The van der Waals surface area contributed by atoms with E-state index < -0.39 is 11.2 Å². The van der Waals surface area contributed by atoms with Crippen molar-refractivity contribution < 1.29 is 39.3 Å². The molecule has 27 heavy (non-hydrogen) atoms. The van der Waals surface area contributed by atoms with Crippen molar-refractivity contribution >= 4 is 33.2 Å². The maximum atomic E-state index is 12.0. The molecule has 1 atom stereocenters. The van der Waals surface area contributed by atoms with E-state index >= 15 is 0 Å². The van der Waals surface area contributed by atoms with E-state index in [1.54, 1.807) is 12.1 Å². The fourth-order valence-corrected chi connectivity index (χ4v) is 3.45. The number of carboxylic acid groups (broad SMARTS) is 1. The largest absolute Gasteiger partial charge is 0.595 e. The average Bonchev–Trinajstić information content (AvgIpc) is 3.13. The number of hydrogen-bond acceptors (Lipinski definition) is 7. The highest BCUT2D eigenvalue weighted by Gasteiger charge is 2.29. The molecule has 0 bridgehead atoms. The van der Waals surface area contributed by atoms with Crippen LogP contribution in [0.5, 0.6) is 23.0 Å². The second-order valence-corrected chi connectivity index (χ2v) is 5.84. The predicted molar refractivity (Wildman–Crippen MR) is 93.4 cm³/mol. The van der Waals surface area contributed by atoms with Gasteiger partial charge in [0.2, 0.25) is 6.79 Å². The highest BCUT2D eigenvalue weighted by atomic mass is 16.8. The summed E-state index contributed by atoms with van der Waals surface area (Å²) in [5.74, 6) is 0.0474. The van der Waals surface area contributed by atoms with Gasteiger partial charge in [-0.2, -0.15) is 5.23 Å². The molecule has 1 unspecified atom stereocenters. The van der Waals surface area contributed by atoms with Crippen LogP contribution < -0.4 is 24.2 Å². The third-order valence-electron chi connectivity index (χ3n) is 4.54. The molecule has 1 heterocycles. The Morgan fingerprint density at radius 1 is 1.15 bits per heavy atom. The Balaban J connectivity index is 2.30. The Morgan fingerprint density at radius 3 is 2.56 bits per heavy atom. The van der Waals surface area contributed by atoms with Crippen LogP contribution in [0, 0.1) is 5.21 Å². The summed E-state index contributed by atoms with van der Waals surface area (Å²) in [7, 11) is 2.92. The minimum Gasteiger partial charge on any atom is -0.595 e. The number of carboxylic acids is 1. The highest BCUT2D eigenvalue weighted by molar-refractivity contribution is 6.22. The van der Waals surface area contributed by atoms with Crippen molar-refractivity contribution in [3.63, 3.8) is 0 Å². The molecule has 0 fully saturated rings. The molecule has 0 aliphatic carbocycles. The summed E-state index contributed by atoms with van der Waals surface area (Å²) in [6.07, 6.45) is 0. The predicted octanol–water partition coefficient (Wildman–Crippen LogP) is 1.84. The molecule has 0 aromatic heterocycles. The van der Waals surface area contributed by atoms with E-state index in [0.29, 0.717) is 33.4 Å². The van der Waals surface area contributed by atoms with Crippen LogP contribution in [-0.2, 0) is 0 Å². The van der Waals surface area contributed by atoms with Crippen molar-refractivity contribution in [1.29, 1.82) is 0 Å². The zero-order chi connectivity index (χ0) is 19.3. The van der Waals surface area contributed by atoms with Gasteiger partial charge in [0.05, 0.1) is 25.2 Å². The summed E-state index contributed by atoms with van der Waals surface area (Å²) < 4.78 is 21.6. The zero-order valence-corrected chi connectivity index (χ0v) is 14.4. The molecule has 1 aliphatic rings. The summed E-state index contributed by atoms with van der Waals surface area (Å²) in [6.45, 7) is -0.0837. The van der Waals surface area contributed by atoms with Crippen LogP contribution in [0.2, 0.25) is 0 Å². The lowest BCUT2D eigenvalue weighted by atomic mass is 9.94. The van der Waals surface area contributed by atoms with Crippen molar-refractivity contribution in [2.24, 2.45) is 0 Å². The second-order valence-electron chi connectivity index (χ2n) is 5.84. The van der Waals surface area contributed by atoms with Gasteiger partial charge < -0.3 is 29.3 Å². The topological polar surface area (TPSA) is 122 Å². The fraction of sp³-hybridized carbons (Fsp3) is 0.167. The lowest BCUT2D eigenvalue weighted by molar-refractivity contribution is -0.990. The van der Waals surface area contributed by atoms with Gasteiger partial charge in [0.15, 0.2) is 28.7 Å². The molecule has 4 rings (SSSR count). The molecule has 0 spiro atoms. The number of aromatic carboxylic acids is 1. The number of rotatable bonds is 4. The van der Waals surface area contributed by atoms with Crippen molar-refractivity contribution in [2.45, 2.75) is 0 Å². The van der Waals surface area contributed by atoms with Crippen LogP contribution in [0.15, 0.2) is 24.3 Å². The van der Waals surface area contributed by atoms with Crippen molar-refractivity contribution in [3.8, 4) is 23.0 Å². The molecule has 9 nitrogen and oxygen atoms in total. The van der Waals surface area contributed by atoms with Gasteiger partial charge in [-0.15, -0.1) is 0 Å². The normalized spacial score (nSPS) is 13.8. The lowest BCUT2D eigenvalue weighted by Gasteiger charge is -2.19. The van der Waals surface area contributed by atoms with E-state index in [0.717, 1.165) is 0 Å². The van der Waals surface area contributed by atoms with Gasteiger partial charge in [-0.25, -0.2) is 10.0 Å². The van der Waals surface area contributed by atoms with Gasteiger partial charge in [-0.05, 0) is 23.6 Å². The van der Waals surface area contributed by atoms with E-state index in [1.807, 2.05) is 0 Å². The molecule has 0 radical (unpaired) electrons. The molecular weight excluding hydrogens is 358 g/mol. The first-order chi connectivity index (χ1) is 13.0. The third kappa shape index (κ3) is 2.40. The summed E-state index contributed by atoms with van der Waals surface area (Å²) >= 11 is 0. The lowest BCUT2D eigenvalue weighted by Crippen LogP contribution is -2.99. The number of hydrogen-bond donors (Lipinski definition) is 3. The zero-order valence-electron chi connectivity index (χ0n) is 14.4. The highest BCUT2D eigenvalue weighted by Crippen LogP contribution is 2.49. The van der Waals surface area contributed by atoms with Crippen LogP contribution in [0.25, 0.3) is 21.5 Å². The molecule has 0 amide bonds. The summed E-state index contributed by atoms with van der Waals surface area (Å²) in [6, 6.07) is 6.04.